The third kappa shape index (κ3) is 2.88. The molecule has 1 fully saturated rings. The van der Waals surface area contributed by atoms with Crippen LogP contribution in [0, 0.1) is 5.92 Å². The van der Waals surface area contributed by atoms with Crippen molar-refractivity contribution < 1.29 is 13.2 Å². The highest BCUT2D eigenvalue weighted by Crippen LogP contribution is 2.37. The van der Waals surface area contributed by atoms with Crippen molar-refractivity contribution in [3.8, 4) is 0 Å². The highest BCUT2D eigenvalue weighted by Gasteiger charge is 2.38. The number of nitrogens with two attached hydrogens (primary N) is 1. The van der Waals surface area contributed by atoms with Crippen LogP contribution in [0.2, 0.25) is 0 Å². The summed E-state index contributed by atoms with van der Waals surface area (Å²) in [6.07, 6.45) is 2.77. The van der Waals surface area contributed by atoms with Crippen molar-refractivity contribution in [1.29, 1.82) is 0 Å². The second-order valence-electron chi connectivity index (χ2n) is 6.37. The van der Waals surface area contributed by atoms with E-state index in [-0.39, 0.29) is 16.8 Å². The van der Waals surface area contributed by atoms with E-state index < -0.39 is 10.0 Å². The summed E-state index contributed by atoms with van der Waals surface area (Å²) in [5.74, 6) is 0.357. The maximum Gasteiger partial charge on any atom is 0.243 e. The Balaban J connectivity index is 1.91. The SMILES string of the molecule is CC(=O)N1CCc2cc(S(=O)(=O)N(C)C(CN)C3CC3)ccc21. The van der Waals surface area contributed by atoms with Crippen LogP contribution in [0.1, 0.15) is 25.3 Å². The second kappa shape index (κ2) is 5.89. The number of carbonyl (C=O) groups excluding carboxylic acids is 1. The molecule has 0 saturated heterocycles. The molecule has 0 bridgehead atoms. The number of rotatable bonds is 5. The standard InChI is InChI=1S/C16H23N3O3S/c1-11(20)19-8-7-13-9-14(5-6-15(13)19)23(21,22)18(2)16(10-17)12-3-4-12/h5-6,9,12,16H,3-4,7-8,10,17H2,1-2H3. The van der Waals surface area contributed by atoms with Gasteiger partial charge in [0.2, 0.25) is 15.9 Å². The van der Waals surface area contributed by atoms with E-state index in [0.717, 1.165) is 24.1 Å². The van der Waals surface area contributed by atoms with Crippen molar-refractivity contribution in [3.63, 3.8) is 0 Å². The molecule has 7 heteroatoms. The van der Waals surface area contributed by atoms with Crippen LogP contribution in [0.25, 0.3) is 0 Å². The Morgan fingerprint density at radius 1 is 1.43 bits per heavy atom. The summed E-state index contributed by atoms with van der Waals surface area (Å²) in [5, 5.41) is 0. The van der Waals surface area contributed by atoms with Crippen LogP contribution in [0.5, 0.6) is 0 Å². The van der Waals surface area contributed by atoms with Crippen LogP contribution in [-0.4, -0.2) is 44.8 Å². The molecule has 1 aliphatic heterocycles. The summed E-state index contributed by atoms with van der Waals surface area (Å²) >= 11 is 0. The van der Waals surface area contributed by atoms with Crippen molar-refractivity contribution in [2.45, 2.75) is 37.1 Å². The van der Waals surface area contributed by atoms with Crippen molar-refractivity contribution in [2.75, 3.05) is 25.0 Å². The molecule has 0 radical (unpaired) electrons. The van der Waals surface area contributed by atoms with E-state index in [0.29, 0.717) is 25.4 Å². The monoisotopic (exact) mass is 337 g/mol. The number of carbonyl (C=O) groups is 1. The number of likely N-dealkylation sites (N-methyl/N-ethyl adjacent to an activating group) is 1. The first-order chi connectivity index (χ1) is 10.9. The summed E-state index contributed by atoms with van der Waals surface area (Å²) < 4.78 is 27.2. The maximum atomic E-state index is 12.9. The number of benzene rings is 1. The Kier molecular flexibility index (Phi) is 4.20. The summed E-state index contributed by atoms with van der Waals surface area (Å²) in [6.45, 7) is 2.47. The lowest BCUT2D eigenvalue weighted by Crippen LogP contribution is -2.43. The number of hydrogen-bond donors (Lipinski definition) is 1. The van der Waals surface area contributed by atoms with Gasteiger partial charge in [0.25, 0.3) is 0 Å². The molecule has 6 nitrogen and oxygen atoms in total. The molecule has 1 heterocycles. The van der Waals surface area contributed by atoms with Gasteiger partial charge in [0.15, 0.2) is 0 Å². The van der Waals surface area contributed by atoms with Gasteiger partial charge >= 0.3 is 0 Å². The number of anilines is 1. The van der Waals surface area contributed by atoms with Gasteiger partial charge in [0.05, 0.1) is 4.90 Å². The smallest absolute Gasteiger partial charge is 0.243 e. The largest absolute Gasteiger partial charge is 0.329 e. The first-order valence-electron chi connectivity index (χ1n) is 7.95. The Morgan fingerprint density at radius 2 is 2.13 bits per heavy atom. The zero-order chi connectivity index (χ0) is 16.8. The molecule has 1 atom stereocenters. The maximum absolute atomic E-state index is 12.9. The van der Waals surface area contributed by atoms with E-state index >= 15 is 0 Å². The predicted molar refractivity (Wildman–Crippen MR) is 88.7 cm³/mol. The molecular weight excluding hydrogens is 314 g/mol. The number of amides is 1. The second-order valence-corrected chi connectivity index (χ2v) is 8.37. The molecule has 23 heavy (non-hydrogen) atoms. The van der Waals surface area contributed by atoms with E-state index in [4.69, 9.17) is 5.73 Å². The molecular formula is C16H23N3O3S. The lowest BCUT2D eigenvalue weighted by molar-refractivity contribution is -0.116. The summed E-state index contributed by atoms with van der Waals surface area (Å²) in [6, 6.07) is 4.89. The van der Waals surface area contributed by atoms with Crippen LogP contribution in [-0.2, 0) is 21.2 Å². The molecule has 1 amide bonds. The lowest BCUT2D eigenvalue weighted by Gasteiger charge is -2.26. The van der Waals surface area contributed by atoms with Crippen LogP contribution < -0.4 is 10.6 Å². The van der Waals surface area contributed by atoms with E-state index in [9.17, 15) is 13.2 Å². The van der Waals surface area contributed by atoms with Gasteiger partial charge in [-0.3, -0.25) is 4.79 Å². The van der Waals surface area contributed by atoms with E-state index in [2.05, 4.69) is 0 Å². The van der Waals surface area contributed by atoms with Gasteiger partial charge in [-0.05, 0) is 48.9 Å². The fraction of sp³-hybridized carbons (Fsp3) is 0.562. The zero-order valence-electron chi connectivity index (χ0n) is 13.5. The van der Waals surface area contributed by atoms with E-state index in [1.807, 2.05) is 0 Å². The molecule has 1 aromatic carbocycles. The topological polar surface area (TPSA) is 83.7 Å². The van der Waals surface area contributed by atoms with Crippen LogP contribution in [0.3, 0.4) is 0 Å². The Morgan fingerprint density at radius 3 is 2.70 bits per heavy atom. The number of hydrogen-bond acceptors (Lipinski definition) is 4. The fourth-order valence-corrected chi connectivity index (χ4v) is 4.81. The zero-order valence-corrected chi connectivity index (χ0v) is 14.3. The fourth-order valence-electron chi connectivity index (χ4n) is 3.33. The van der Waals surface area contributed by atoms with Crippen molar-refractivity contribution in [3.05, 3.63) is 23.8 Å². The average Bonchev–Trinajstić information content (AvgIpc) is 3.25. The van der Waals surface area contributed by atoms with Gasteiger partial charge in [-0.15, -0.1) is 0 Å². The van der Waals surface area contributed by atoms with Crippen molar-refractivity contribution in [2.24, 2.45) is 11.7 Å². The summed E-state index contributed by atoms with van der Waals surface area (Å²) in [4.78, 5) is 13.6. The van der Waals surface area contributed by atoms with Gasteiger partial charge in [0.1, 0.15) is 0 Å². The normalized spacial score (nSPS) is 19.0. The molecule has 1 saturated carbocycles. The molecule has 1 aromatic rings. The summed E-state index contributed by atoms with van der Waals surface area (Å²) in [5.41, 5.74) is 7.50. The minimum absolute atomic E-state index is 0.0200. The van der Waals surface area contributed by atoms with Gasteiger partial charge in [-0.2, -0.15) is 4.31 Å². The molecule has 3 rings (SSSR count). The number of fused-ring (bicyclic) bond motifs is 1. The van der Waals surface area contributed by atoms with Gasteiger partial charge in [-0.25, -0.2) is 8.42 Å². The molecule has 126 valence electrons. The number of sulfonamides is 1. The molecule has 1 unspecified atom stereocenters. The molecule has 1 aliphatic carbocycles. The predicted octanol–water partition coefficient (Wildman–Crippen LogP) is 0.953. The molecule has 0 aromatic heterocycles. The van der Waals surface area contributed by atoms with Gasteiger partial charge < -0.3 is 10.6 Å². The quantitative estimate of drug-likeness (QED) is 0.867. The van der Waals surface area contributed by atoms with Crippen molar-refractivity contribution >= 4 is 21.6 Å². The highest BCUT2D eigenvalue weighted by molar-refractivity contribution is 7.89. The lowest BCUT2D eigenvalue weighted by atomic mass is 10.2. The summed E-state index contributed by atoms with van der Waals surface area (Å²) in [7, 11) is -1.95. The van der Waals surface area contributed by atoms with Gasteiger partial charge in [-0.1, -0.05) is 0 Å². The van der Waals surface area contributed by atoms with E-state index in [1.165, 1.54) is 11.2 Å². The minimum atomic E-state index is -3.56. The molecule has 2 aliphatic rings. The molecule has 0 spiro atoms. The Hall–Kier alpha value is -1.44. The third-order valence-corrected chi connectivity index (χ3v) is 6.76. The van der Waals surface area contributed by atoms with E-state index in [1.54, 1.807) is 30.1 Å². The van der Waals surface area contributed by atoms with Gasteiger partial charge in [0, 0.05) is 38.8 Å². The Labute approximate surface area is 137 Å². The highest BCUT2D eigenvalue weighted by atomic mass is 32.2. The third-order valence-electron chi connectivity index (χ3n) is 4.88. The average molecular weight is 337 g/mol. The van der Waals surface area contributed by atoms with Crippen LogP contribution >= 0.6 is 0 Å². The van der Waals surface area contributed by atoms with Crippen molar-refractivity contribution in [1.82, 2.24) is 4.31 Å². The van der Waals surface area contributed by atoms with Crippen LogP contribution in [0.15, 0.2) is 23.1 Å². The molecule has 2 N–H and O–H groups in total. The first-order valence-corrected chi connectivity index (χ1v) is 9.39. The number of nitrogens with zero attached hydrogens (tertiary/aromatic N) is 2. The minimum Gasteiger partial charge on any atom is -0.329 e. The first kappa shape index (κ1) is 16.4. The Bertz CT molecular complexity index is 728. The van der Waals surface area contributed by atoms with Crippen LogP contribution in [0.4, 0.5) is 5.69 Å².